The van der Waals surface area contributed by atoms with Crippen LogP contribution >= 0.6 is 0 Å². The molecule has 3 rings (SSSR count). The number of carbonyl (C=O) groups excluding carboxylic acids is 2. The number of amides is 1. The van der Waals surface area contributed by atoms with Gasteiger partial charge in [-0.3, -0.25) is 4.79 Å². The number of aryl methyl sites for hydroxylation is 2. The summed E-state index contributed by atoms with van der Waals surface area (Å²) in [5.74, 6) is -0.538. The number of hydrogen-bond acceptors (Lipinski definition) is 4. The monoisotopic (exact) mass is 465 g/mol. The molecule has 0 aromatic heterocycles. The molecular formula is C29H39NO4. The minimum Gasteiger partial charge on any atom is -0.459 e. The van der Waals surface area contributed by atoms with Gasteiger partial charge in [-0.1, -0.05) is 60.7 Å². The standard InChI is InChI=1S/C29H39NO4/c1-28(2,19-17-23-12-7-5-8-13-23)33-26(31)25-16-11-21-30(22-25)27(32)34-29(3,4)20-18-24-14-9-6-10-15-24/h5-10,12-15,25H,11,16-22H2,1-4H3. The van der Waals surface area contributed by atoms with Gasteiger partial charge in [0.05, 0.1) is 5.92 Å². The van der Waals surface area contributed by atoms with Gasteiger partial charge in [0, 0.05) is 13.1 Å². The van der Waals surface area contributed by atoms with Crippen LogP contribution in [-0.4, -0.2) is 41.3 Å². The molecule has 1 unspecified atom stereocenters. The zero-order valence-corrected chi connectivity index (χ0v) is 21.1. The molecular weight excluding hydrogens is 426 g/mol. The van der Waals surface area contributed by atoms with Crippen LogP contribution in [0, 0.1) is 5.92 Å². The average Bonchev–Trinajstić information content (AvgIpc) is 2.82. The molecule has 2 aromatic carbocycles. The molecule has 1 heterocycles. The SMILES string of the molecule is CC(C)(CCc1ccccc1)OC(=O)C1CCCN(C(=O)OC(C)(C)CCc2ccccc2)C1. The molecule has 5 nitrogen and oxygen atoms in total. The van der Waals surface area contributed by atoms with E-state index in [4.69, 9.17) is 9.47 Å². The number of piperidine rings is 1. The molecule has 0 saturated carbocycles. The van der Waals surface area contributed by atoms with E-state index in [1.165, 1.54) is 11.1 Å². The van der Waals surface area contributed by atoms with Gasteiger partial charge in [-0.2, -0.15) is 0 Å². The second-order valence-corrected chi connectivity index (χ2v) is 10.6. The maximum absolute atomic E-state index is 12.9. The molecule has 0 spiro atoms. The minimum atomic E-state index is -0.584. The molecule has 0 radical (unpaired) electrons. The van der Waals surface area contributed by atoms with Crippen LogP contribution in [0.4, 0.5) is 4.79 Å². The summed E-state index contributed by atoms with van der Waals surface area (Å²) in [6.07, 6.45) is 4.32. The molecule has 2 aromatic rings. The van der Waals surface area contributed by atoms with Gasteiger partial charge in [-0.05, 0) is 77.3 Å². The number of rotatable bonds is 9. The van der Waals surface area contributed by atoms with Gasteiger partial charge in [-0.15, -0.1) is 0 Å². The first-order valence-corrected chi connectivity index (χ1v) is 12.4. The summed E-state index contributed by atoms with van der Waals surface area (Å²) >= 11 is 0. The van der Waals surface area contributed by atoms with Crippen LogP contribution in [-0.2, 0) is 27.1 Å². The highest BCUT2D eigenvalue weighted by atomic mass is 16.6. The van der Waals surface area contributed by atoms with Crippen LogP contribution in [0.2, 0.25) is 0 Å². The first-order chi connectivity index (χ1) is 16.1. The van der Waals surface area contributed by atoms with Crippen molar-refractivity contribution < 1.29 is 19.1 Å². The summed E-state index contributed by atoms with van der Waals surface area (Å²) in [6, 6.07) is 20.4. The highest BCUT2D eigenvalue weighted by Gasteiger charge is 2.35. The normalized spacial score (nSPS) is 16.7. The van der Waals surface area contributed by atoms with E-state index in [2.05, 4.69) is 24.3 Å². The number of hydrogen-bond donors (Lipinski definition) is 0. The quantitative estimate of drug-likeness (QED) is 0.414. The number of likely N-dealkylation sites (tertiary alicyclic amines) is 1. The van der Waals surface area contributed by atoms with E-state index in [0.29, 0.717) is 13.1 Å². The van der Waals surface area contributed by atoms with Crippen LogP contribution in [0.25, 0.3) is 0 Å². The van der Waals surface area contributed by atoms with Gasteiger partial charge in [0.2, 0.25) is 0 Å². The summed E-state index contributed by atoms with van der Waals surface area (Å²) < 4.78 is 11.7. The van der Waals surface area contributed by atoms with E-state index in [-0.39, 0.29) is 18.0 Å². The lowest BCUT2D eigenvalue weighted by Gasteiger charge is -2.35. The molecule has 5 heteroatoms. The third-order valence-corrected chi connectivity index (χ3v) is 6.47. The van der Waals surface area contributed by atoms with Gasteiger partial charge in [0.25, 0.3) is 0 Å². The molecule has 1 amide bonds. The van der Waals surface area contributed by atoms with E-state index in [0.717, 1.165) is 38.5 Å². The van der Waals surface area contributed by atoms with Gasteiger partial charge in [0.1, 0.15) is 11.2 Å². The molecule has 0 aliphatic carbocycles. The minimum absolute atomic E-state index is 0.223. The van der Waals surface area contributed by atoms with Gasteiger partial charge in [0.15, 0.2) is 0 Å². The number of esters is 1. The third kappa shape index (κ3) is 8.19. The Morgan fingerprint density at radius 3 is 1.85 bits per heavy atom. The zero-order chi connectivity index (χ0) is 24.6. The van der Waals surface area contributed by atoms with Crippen molar-refractivity contribution in [2.45, 2.75) is 77.4 Å². The summed E-state index contributed by atoms with van der Waals surface area (Å²) in [5.41, 5.74) is 1.31. The lowest BCUT2D eigenvalue weighted by Crippen LogP contribution is -2.46. The van der Waals surface area contributed by atoms with Crippen molar-refractivity contribution in [2.24, 2.45) is 5.92 Å². The van der Waals surface area contributed by atoms with E-state index < -0.39 is 11.2 Å². The largest absolute Gasteiger partial charge is 0.459 e. The summed E-state index contributed by atoms with van der Waals surface area (Å²) in [5, 5.41) is 0. The lowest BCUT2D eigenvalue weighted by molar-refractivity contribution is -0.163. The molecule has 0 N–H and O–H groups in total. The van der Waals surface area contributed by atoms with Crippen molar-refractivity contribution in [3.8, 4) is 0 Å². The summed E-state index contributed by atoms with van der Waals surface area (Å²) in [7, 11) is 0. The van der Waals surface area contributed by atoms with Gasteiger partial charge < -0.3 is 14.4 Å². The Balaban J connectivity index is 1.48. The number of carbonyl (C=O) groups is 2. The Morgan fingerprint density at radius 1 is 0.824 bits per heavy atom. The fourth-order valence-electron chi connectivity index (χ4n) is 4.27. The molecule has 1 aliphatic heterocycles. The molecule has 1 atom stereocenters. The predicted molar refractivity (Wildman–Crippen MR) is 135 cm³/mol. The van der Waals surface area contributed by atoms with Crippen LogP contribution in [0.3, 0.4) is 0 Å². The molecule has 1 saturated heterocycles. The second-order valence-electron chi connectivity index (χ2n) is 10.6. The number of benzene rings is 2. The third-order valence-electron chi connectivity index (χ3n) is 6.47. The van der Waals surface area contributed by atoms with Crippen molar-refractivity contribution in [3.05, 3.63) is 71.8 Å². The van der Waals surface area contributed by atoms with E-state index in [1.807, 2.05) is 64.1 Å². The topological polar surface area (TPSA) is 55.8 Å². The highest BCUT2D eigenvalue weighted by molar-refractivity contribution is 5.75. The van der Waals surface area contributed by atoms with Crippen molar-refractivity contribution in [1.29, 1.82) is 0 Å². The molecule has 0 bridgehead atoms. The molecule has 1 fully saturated rings. The van der Waals surface area contributed by atoms with E-state index in [1.54, 1.807) is 4.90 Å². The second kappa shape index (κ2) is 11.5. The van der Waals surface area contributed by atoms with Gasteiger partial charge in [-0.25, -0.2) is 4.79 Å². The van der Waals surface area contributed by atoms with Crippen LogP contribution in [0.15, 0.2) is 60.7 Å². The van der Waals surface area contributed by atoms with E-state index in [9.17, 15) is 9.59 Å². The van der Waals surface area contributed by atoms with Crippen LogP contribution in [0.1, 0.15) is 64.5 Å². The average molecular weight is 466 g/mol. The Bertz CT molecular complexity index is 848. The zero-order valence-electron chi connectivity index (χ0n) is 21.1. The first kappa shape index (κ1) is 25.8. The summed E-state index contributed by atoms with van der Waals surface area (Å²) in [4.78, 5) is 27.5. The smallest absolute Gasteiger partial charge is 0.410 e. The fourth-order valence-corrected chi connectivity index (χ4v) is 4.27. The Hall–Kier alpha value is -2.82. The number of nitrogens with zero attached hydrogens (tertiary/aromatic N) is 1. The van der Waals surface area contributed by atoms with Crippen molar-refractivity contribution in [1.82, 2.24) is 4.90 Å². The van der Waals surface area contributed by atoms with Crippen molar-refractivity contribution in [3.63, 3.8) is 0 Å². The van der Waals surface area contributed by atoms with Crippen molar-refractivity contribution in [2.75, 3.05) is 13.1 Å². The van der Waals surface area contributed by atoms with Crippen LogP contribution < -0.4 is 0 Å². The fraction of sp³-hybridized carbons (Fsp3) is 0.517. The first-order valence-electron chi connectivity index (χ1n) is 12.4. The Kier molecular flexibility index (Phi) is 8.76. The maximum atomic E-state index is 12.9. The highest BCUT2D eigenvalue weighted by Crippen LogP contribution is 2.26. The molecule has 34 heavy (non-hydrogen) atoms. The molecule has 1 aliphatic rings. The van der Waals surface area contributed by atoms with Crippen molar-refractivity contribution >= 4 is 12.1 Å². The van der Waals surface area contributed by atoms with Gasteiger partial charge >= 0.3 is 12.1 Å². The molecule has 184 valence electrons. The lowest BCUT2D eigenvalue weighted by atomic mass is 9.96. The summed E-state index contributed by atoms with van der Waals surface area (Å²) in [6.45, 7) is 8.75. The Morgan fingerprint density at radius 2 is 1.32 bits per heavy atom. The Labute approximate surface area is 204 Å². The van der Waals surface area contributed by atoms with E-state index >= 15 is 0 Å². The van der Waals surface area contributed by atoms with Crippen LogP contribution in [0.5, 0.6) is 0 Å². The maximum Gasteiger partial charge on any atom is 0.410 e. The predicted octanol–water partition coefficient (Wildman–Crippen LogP) is 6.20. The number of ether oxygens (including phenoxy) is 2.